The number of rotatable bonds is 9. The van der Waals surface area contributed by atoms with Gasteiger partial charge in [-0.25, -0.2) is 0 Å². The first-order valence-electron chi connectivity index (χ1n) is 5.78. The smallest absolute Gasteiger partial charge is 0.234 e. The Kier molecular flexibility index (Phi) is 10.2. The molecule has 3 nitrogen and oxygen atoms in total. The minimum Gasteiger partial charge on any atom is -0.353 e. The highest BCUT2D eigenvalue weighted by molar-refractivity contribution is 7.99. The summed E-state index contributed by atoms with van der Waals surface area (Å²) < 4.78 is 0. The summed E-state index contributed by atoms with van der Waals surface area (Å²) in [6, 6.07) is 0.292. The highest BCUT2D eigenvalue weighted by Gasteiger charge is 2.05. The number of carbonyl (C=O) groups is 1. The molecule has 0 aromatic rings. The monoisotopic (exact) mass is 232 g/mol. The number of nitrogens with one attached hydrogen (secondary N) is 2. The minimum absolute atomic E-state index is 0.109. The van der Waals surface area contributed by atoms with Gasteiger partial charge in [0.05, 0.1) is 6.54 Å². The maximum Gasteiger partial charge on any atom is 0.234 e. The lowest BCUT2D eigenvalue weighted by Gasteiger charge is -2.13. The van der Waals surface area contributed by atoms with Gasteiger partial charge in [0, 0.05) is 6.04 Å². The van der Waals surface area contributed by atoms with E-state index in [2.05, 4.69) is 31.4 Å². The summed E-state index contributed by atoms with van der Waals surface area (Å²) in [4.78, 5) is 11.4. The van der Waals surface area contributed by atoms with Crippen LogP contribution in [0.4, 0.5) is 0 Å². The molecule has 0 radical (unpaired) electrons. The Bertz CT molecular complexity index is 165. The van der Waals surface area contributed by atoms with Gasteiger partial charge >= 0.3 is 0 Å². The summed E-state index contributed by atoms with van der Waals surface area (Å²) in [5, 5.41) is 6.07. The third-order valence-corrected chi connectivity index (χ3v) is 2.95. The Morgan fingerprint density at radius 3 is 2.73 bits per heavy atom. The van der Waals surface area contributed by atoms with Crippen LogP contribution in [0.15, 0.2) is 0 Å². The van der Waals surface area contributed by atoms with Crippen molar-refractivity contribution in [1.29, 1.82) is 0 Å². The van der Waals surface area contributed by atoms with Gasteiger partial charge in [-0.2, -0.15) is 11.8 Å². The molecule has 1 amide bonds. The van der Waals surface area contributed by atoms with Crippen LogP contribution < -0.4 is 10.6 Å². The molecule has 1 atom stereocenters. The highest BCUT2D eigenvalue weighted by atomic mass is 32.2. The fourth-order valence-corrected chi connectivity index (χ4v) is 1.99. The lowest BCUT2D eigenvalue weighted by atomic mass is 10.2. The lowest BCUT2D eigenvalue weighted by Crippen LogP contribution is -2.39. The molecule has 1 unspecified atom stereocenters. The van der Waals surface area contributed by atoms with Crippen LogP contribution in [-0.4, -0.2) is 36.5 Å². The van der Waals surface area contributed by atoms with Crippen molar-refractivity contribution in [3.63, 3.8) is 0 Å². The zero-order valence-electron chi connectivity index (χ0n) is 10.1. The van der Waals surface area contributed by atoms with Gasteiger partial charge in [-0.15, -0.1) is 0 Å². The molecule has 0 aromatic heterocycles. The summed E-state index contributed by atoms with van der Waals surface area (Å²) in [5.74, 6) is 2.39. The third-order valence-electron chi connectivity index (χ3n) is 2.02. The van der Waals surface area contributed by atoms with Gasteiger partial charge in [0.15, 0.2) is 0 Å². The molecule has 0 bridgehead atoms. The predicted molar refractivity (Wildman–Crippen MR) is 68.4 cm³/mol. The second kappa shape index (κ2) is 10.3. The molecule has 0 aliphatic carbocycles. The Balaban J connectivity index is 3.40. The molecular formula is C11H24N2OS. The number of thioether (sulfide) groups is 1. The van der Waals surface area contributed by atoms with E-state index in [1.165, 1.54) is 0 Å². The van der Waals surface area contributed by atoms with Crippen molar-refractivity contribution in [2.45, 2.75) is 39.7 Å². The molecular weight excluding hydrogens is 208 g/mol. The molecule has 0 rings (SSSR count). The van der Waals surface area contributed by atoms with Gasteiger partial charge in [0.2, 0.25) is 5.91 Å². The summed E-state index contributed by atoms with van der Waals surface area (Å²) in [6.07, 6.45) is 2.12. The molecule has 0 fully saturated rings. The molecule has 0 aromatic carbocycles. The topological polar surface area (TPSA) is 41.1 Å². The SMILES string of the molecule is CCCNCC(=O)NC(C)CCSCC. The van der Waals surface area contributed by atoms with E-state index in [1.54, 1.807) is 0 Å². The van der Waals surface area contributed by atoms with Gasteiger partial charge in [0.1, 0.15) is 0 Å². The first kappa shape index (κ1) is 14.8. The largest absolute Gasteiger partial charge is 0.353 e. The quantitative estimate of drug-likeness (QED) is 0.594. The van der Waals surface area contributed by atoms with E-state index in [4.69, 9.17) is 0 Å². The molecule has 0 saturated heterocycles. The van der Waals surface area contributed by atoms with E-state index in [-0.39, 0.29) is 5.91 Å². The van der Waals surface area contributed by atoms with Gasteiger partial charge < -0.3 is 10.6 Å². The Morgan fingerprint density at radius 2 is 2.13 bits per heavy atom. The summed E-state index contributed by atoms with van der Waals surface area (Å²) in [6.45, 7) is 7.67. The Hall–Kier alpha value is -0.220. The van der Waals surface area contributed by atoms with Gasteiger partial charge in [-0.3, -0.25) is 4.79 Å². The second-order valence-electron chi connectivity index (χ2n) is 3.63. The van der Waals surface area contributed by atoms with Crippen molar-refractivity contribution < 1.29 is 4.79 Å². The van der Waals surface area contributed by atoms with Crippen molar-refractivity contribution in [3.05, 3.63) is 0 Å². The fraction of sp³-hybridized carbons (Fsp3) is 0.909. The molecule has 15 heavy (non-hydrogen) atoms. The zero-order chi connectivity index (χ0) is 11.5. The average molecular weight is 232 g/mol. The van der Waals surface area contributed by atoms with Crippen LogP contribution in [0.5, 0.6) is 0 Å². The van der Waals surface area contributed by atoms with E-state index in [0.717, 1.165) is 30.9 Å². The van der Waals surface area contributed by atoms with E-state index in [0.29, 0.717) is 12.6 Å². The number of hydrogen-bond donors (Lipinski definition) is 2. The van der Waals surface area contributed by atoms with E-state index in [1.807, 2.05) is 11.8 Å². The van der Waals surface area contributed by atoms with E-state index in [9.17, 15) is 4.79 Å². The molecule has 2 N–H and O–H groups in total. The van der Waals surface area contributed by atoms with Crippen molar-refractivity contribution >= 4 is 17.7 Å². The van der Waals surface area contributed by atoms with Gasteiger partial charge in [-0.05, 0) is 37.8 Å². The standard InChI is InChI=1S/C11H24N2OS/c1-4-7-12-9-11(14)13-10(3)6-8-15-5-2/h10,12H,4-9H2,1-3H3,(H,13,14). The first-order chi connectivity index (χ1) is 7.20. The van der Waals surface area contributed by atoms with Crippen molar-refractivity contribution in [3.8, 4) is 0 Å². The molecule has 4 heteroatoms. The normalized spacial score (nSPS) is 12.5. The van der Waals surface area contributed by atoms with Crippen LogP contribution in [0, 0.1) is 0 Å². The predicted octanol–water partition coefficient (Wildman–Crippen LogP) is 1.63. The first-order valence-corrected chi connectivity index (χ1v) is 6.94. The number of hydrogen-bond acceptors (Lipinski definition) is 3. The molecule has 0 aliphatic rings. The highest BCUT2D eigenvalue weighted by Crippen LogP contribution is 2.03. The molecule has 0 aliphatic heterocycles. The molecule has 0 saturated carbocycles. The van der Waals surface area contributed by atoms with Crippen molar-refractivity contribution in [2.75, 3.05) is 24.6 Å². The summed E-state index contributed by atoms with van der Waals surface area (Å²) >= 11 is 1.92. The van der Waals surface area contributed by atoms with Crippen LogP contribution in [0.25, 0.3) is 0 Å². The van der Waals surface area contributed by atoms with Crippen LogP contribution in [0.1, 0.15) is 33.6 Å². The second-order valence-corrected chi connectivity index (χ2v) is 5.02. The number of amides is 1. The van der Waals surface area contributed by atoms with Crippen LogP contribution >= 0.6 is 11.8 Å². The van der Waals surface area contributed by atoms with Crippen molar-refractivity contribution in [1.82, 2.24) is 10.6 Å². The third kappa shape index (κ3) is 10.1. The Morgan fingerprint density at radius 1 is 1.40 bits per heavy atom. The van der Waals surface area contributed by atoms with Crippen LogP contribution in [0.2, 0.25) is 0 Å². The fourth-order valence-electron chi connectivity index (χ4n) is 1.18. The van der Waals surface area contributed by atoms with Crippen molar-refractivity contribution in [2.24, 2.45) is 0 Å². The maximum atomic E-state index is 11.4. The van der Waals surface area contributed by atoms with Crippen LogP contribution in [-0.2, 0) is 4.79 Å². The molecule has 90 valence electrons. The van der Waals surface area contributed by atoms with Gasteiger partial charge in [0.25, 0.3) is 0 Å². The van der Waals surface area contributed by atoms with Gasteiger partial charge in [-0.1, -0.05) is 13.8 Å². The summed E-state index contributed by atoms with van der Waals surface area (Å²) in [7, 11) is 0. The minimum atomic E-state index is 0.109. The molecule has 0 spiro atoms. The van der Waals surface area contributed by atoms with E-state index >= 15 is 0 Å². The maximum absolute atomic E-state index is 11.4. The average Bonchev–Trinajstić information content (AvgIpc) is 2.18. The summed E-state index contributed by atoms with van der Waals surface area (Å²) in [5.41, 5.74) is 0. The lowest BCUT2D eigenvalue weighted by molar-refractivity contribution is -0.120. The van der Waals surface area contributed by atoms with E-state index < -0.39 is 0 Å². The molecule has 0 heterocycles. The Labute approximate surface area is 97.8 Å². The number of carbonyl (C=O) groups excluding carboxylic acids is 1. The van der Waals surface area contributed by atoms with Crippen LogP contribution in [0.3, 0.4) is 0 Å². The zero-order valence-corrected chi connectivity index (χ0v) is 11.0.